The summed E-state index contributed by atoms with van der Waals surface area (Å²) in [4.78, 5) is 14.5. The fourth-order valence-corrected chi connectivity index (χ4v) is 1.29. The minimum Gasteiger partial charge on any atom is -0.464 e. The molecule has 0 aliphatic heterocycles. The number of hydrogen-bond donors (Lipinski definition) is 1. The molecule has 0 unspecified atom stereocenters. The summed E-state index contributed by atoms with van der Waals surface area (Å²) in [5.41, 5.74) is -0.0981. The molecule has 14 heavy (non-hydrogen) atoms. The molecular formula is C7H8N2O4S. The van der Waals surface area contributed by atoms with E-state index in [0.29, 0.717) is 0 Å². The number of ether oxygens (including phenoxy) is 1. The summed E-state index contributed by atoms with van der Waals surface area (Å²) < 4.78 is 26.1. The van der Waals surface area contributed by atoms with Gasteiger partial charge in [0.2, 0.25) is 0 Å². The van der Waals surface area contributed by atoms with Gasteiger partial charge in [-0.25, -0.2) is 23.3 Å². The van der Waals surface area contributed by atoms with Crippen LogP contribution in [0.2, 0.25) is 0 Å². The summed E-state index contributed by atoms with van der Waals surface area (Å²) >= 11 is 0. The smallest absolute Gasteiger partial charge is 0.356 e. The van der Waals surface area contributed by atoms with Gasteiger partial charge >= 0.3 is 5.97 Å². The molecule has 7 heteroatoms. The van der Waals surface area contributed by atoms with Crippen molar-refractivity contribution < 1.29 is 17.9 Å². The Kier molecular flexibility index (Phi) is 2.82. The van der Waals surface area contributed by atoms with Crippen LogP contribution in [-0.2, 0) is 14.8 Å². The first-order valence-corrected chi connectivity index (χ1v) is 5.08. The van der Waals surface area contributed by atoms with Gasteiger partial charge < -0.3 is 4.74 Å². The van der Waals surface area contributed by atoms with Crippen LogP contribution in [0.3, 0.4) is 0 Å². The predicted molar refractivity (Wildman–Crippen MR) is 46.9 cm³/mol. The van der Waals surface area contributed by atoms with E-state index in [1.807, 2.05) is 0 Å². The molecule has 1 aromatic heterocycles. The second kappa shape index (κ2) is 3.72. The maximum atomic E-state index is 11.0. The second-order valence-corrected chi connectivity index (χ2v) is 3.91. The Morgan fingerprint density at radius 1 is 1.50 bits per heavy atom. The lowest BCUT2D eigenvalue weighted by Crippen LogP contribution is -2.16. The van der Waals surface area contributed by atoms with E-state index in [0.717, 1.165) is 0 Å². The number of carbonyl (C=O) groups is 1. The first-order chi connectivity index (χ1) is 6.45. The van der Waals surface area contributed by atoms with Crippen LogP contribution in [0, 0.1) is 0 Å². The summed E-state index contributed by atoms with van der Waals surface area (Å²) in [6.45, 7) is 0. The molecule has 1 rings (SSSR count). The van der Waals surface area contributed by atoms with E-state index in [1.165, 1.54) is 25.3 Å². The van der Waals surface area contributed by atoms with Crippen molar-refractivity contribution in [3.8, 4) is 0 Å². The average Bonchev–Trinajstić information content (AvgIpc) is 2.15. The molecule has 0 spiro atoms. The first kappa shape index (κ1) is 10.6. The van der Waals surface area contributed by atoms with Gasteiger partial charge in [0, 0.05) is 0 Å². The second-order valence-electron chi connectivity index (χ2n) is 2.40. The van der Waals surface area contributed by atoms with Crippen LogP contribution in [0.15, 0.2) is 23.2 Å². The fourth-order valence-electron chi connectivity index (χ4n) is 0.792. The zero-order chi connectivity index (χ0) is 10.8. The highest BCUT2D eigenvalue weighted by atomic mass is 32.2. The topological polar surface area (TPSA) is 99.4 Å². The molecule has 0 amide bonds. The molecule has 0 aromatic carbocycles. The maximum Gasteiger partial charge on any atom is 0.356 e. The number of esters is 1. The summed E-state index contributed by atoms with van der Waals surface area (Å²) in [7, 11) is -2.71. The summed E-state index contributed by atoms with van der Waals surface area (Å²) in [6, 6.07) is 3.89. The van der Waals surface area contributed by atoms with E-state index in [1.54, 1.807) is 0 Å². The lowest BCUT2D eigenvalue weighted by Gasteiger charge is -2.00. The van der Waals surface area contributed by atoms with Gasteiger partial charge in [0.15, 0.2) is 5.03 Å². The van der Waals surface area contributed by atoms with Crippen molar-refractivity contribution in [1.82, 2.24) is 4.98 Å². The molecule has 1 aromatic rings. The van der Waals surface area contributed by atoms with E-state index < -0.39 is 16.0 Å². The van der Waals surface area contributed by atoms with Gasteiger partial charge in [-0.15, -0.1) is 0 Å². The maximum absolute atomic E-state index is 11.0. The molecule has 0 bridgehead atoms. The molecule has 0 saturated carbocycles. The Bertz CT molecular complexity index is 455. The predicted octanol–water partition coefficient (Wildman–Crippen LogP) is -0.484. The van der Waals surface area contributed by atoms with Gasteiger partial charge in [-0.1, -0.05) is 6.07 Å². The van der Waals surface area contributed by atoms with Crippen LogP contribution < -0.4 is 5.14 Å². The van der Waals surface area contributed by atoms with Gasteiger partial charge in [0.25, 0.3) is 10.0 Å². The molecule has 1 heterocycles. The molecule has 2 N–H and O–H groups in total. The number of primary sulfonamides is 1. The van der Waals surface area contributed by atoms with Gasteiger partial charge in [0.05, 0.1) is 7.11 Å². The Hall–Kier alpha value is -1.47. The van der Waals surface area contributed by atoms with E-state index in [2.05, 4.69) is 9.72 Å². The summed E-state index contributed by atoms with van der Waals surface area (Å²) in [6.07, 6.45) is 0. The van der Waals surface area contributed by atoms with Crippen LogP contribution in [0.4, 0.5) is 0 Å². The van der Waals surface area contributed by atoms with Crippen LogP contribution >= 0.6 is 0 Å². The highest BCUT2D eigenvalue weighted by Gasteiger charge is 2.13. The zero-order valence-corrected chi connectivity index (χ0v) is 8.11. The van der Waals surface area contributed by atoms with Crippen molar-refractivity contribution in [1.29, 1.82) is 0 Å². The van der Waals surface area contributed by atoms with Crippen molar-refractivity contribution in [3.05, 3.63) is 23.9 Å². The van der Waals surface area contributed by atoms with Crippen LogP contribution in [0.5, 0.6) is 0 Å². The lowest BCUT2D eigenvalue weighted by atomic mass is 10.4. The molecule has 0 aliphatic rings. The molecule has 6 nitrogen and oxygen atoms in total. The number of pyridine rings is 1. The minimum absolute atomic E-state index is 0.0981. The number of methoxy groups -OCH3 is 1. The van der Waals surface area contributed by atoms with Crippen LogP contribution in [0.1, 0.15) is 10.5 Å². The van der Waals surface area contributed by atoms with E-state index in [4.69, 9.17) is 5.14 Å². The number of nitrogens with two attached hydrogens (primary N) is 1. The number of carbonyl (C=O) groups excluding carboxylic acids is 1. The number of rotatable bonds is 2. The largest absolute Gasteiger partial charge is 0.464 e. The Balaban J connectivity index is 3.21. The Morgan fingerprint density at radius 3 is 2.64 bits per heavy atom. The van der Waals surface area contributed by atoms with Crippen molar-refractivity contribution in [2.75, 3.05) is 7.11 Å². The highest BCUT2D eigenvalue weighted by Crippen LogP contribution is 2.04. The summed E-state index contributed by atoms with van der Waals surface area (Å²) in [5.74, 6) is -0.712. The molecule has 0 atom stereocenters. The normalized spacial score (nSPS) is 11.0. The number of sulfonamides is 1. The fraction of sp³-hybridized carbons (Fsp3) is 0.143. The van der Waals surface area contributed by atoms with Crippen molar-refractivity contribution >= 4 is 16.0 Å². The molecular weight excluding hydrogens is 208 g/mol. The van der Waals surface area contributed by atoms with Crippen molar-refractivity contribution in [2.24, 2.45) is 5.14 Å². The third kappa shape index (κ3) is 2.27. The zero-order valence-electron chi connectivity index (χ0n) is 7.30. The third-order valence-electron chi connectivity index (χ3n) is 1.41. The highest BCUT2D eigenvalue weighted by molar-refractivity contribution is 7.89. The van der Waals surface area contributed by atoms with Gasteiger partial charge in [0.1, 0.15) is 5.69 Å². The Morgan fingerprint density at radius 2 is 2.14 bits per heavy atom. The van der Waals surface area contributed by atoms with Gasteiger partial charge in [-0.3, -0.25) is 0 Å². The average molecular weight is 216 g/mol. The van der Waals surface area contributed by atoms with Gasteiger partial charge in [-0.05, 0) is 12.1 Å². The SMILES string of the molecule is COC(=O)c1cccc(S(N)(=O)=O)n1. The van der Waals surface area contributed by atoms with Crippen molar-refractivity contribution in [3.63, 3.8) is 0 Å². The third-order valence-corrected chi connectivity index (χ3v) is 2.22. The molecule has 0 saturated heterocycles. The lowest BCUT2D eigenvalue weighted by molar-refractivity contribution is 0.0593. The van der Waals surface area contributed by atoms with E-state index in [9.17, 15) is 13.2 Å². The molecule has 0 fully saturated rings. The first-order valence-electron chi connectivity index (χ1n) is 3.53. The minimum atomic E-state index is -3.89. The molecule has 76 valence electrons. The molecule has 0 aliphatic carbocycles. The van der Waals surface area contributed by atoms with Gasteiger partial charge in [-0.2, -0.15) is 0 Å². The quantitative estimate of drug-likeness (QED) is 0.673. The summed E-state index contributed by atoms with van der Waals surface area (Å²) in [5, 5.41) is 4.46. The van der Waals surface area contributed by atoms with Crippen LogP contribution in [-0.4, -0.2) is 26.5 Å². The van der Waals surface area contributed by atoms with E-state index >= 15 is 0 Å². The van der Waals surface area contributed by atoms with Crippen molar-refractivity contribution in [2.45, 2.75) is 5.03 Å². The molecule has 0 radical (unpaired) electrons. The standard InChI is InChI=1S/C7H8N2O4S/c1-13-7(10)5-3-2-4-6(9-5)14(8,11)12/h2-4H,1H3,(H2,8,11,12). The number of hydrogen-bond acceptors (Lipinski definition) is 5. The van der Waals surface area contributed by atoms with Crippen LogP contribution in [0.25, 0.3) is 0 Å². The number of aromatic nitrogens is 1. The Labute approximate surface area is 80.8 Å². The monoisotopic (exact) mass is 216 g/mol. The van der Waals surface area contributed by atoms with E-state index in [-0.39, 0.29) is 10.7 Å². The number of nitrogens with zero attached hydrogens (tertiary/aromatic N) is 1.